The summed E-state index contributed by atoms with van der Waals surface area (Å²) in [6.07, 6.45) is 0.449. The van der Waals surface area contributed by atoms with Crippen molar-refractivity contribution in [2.24, 2.45) is 5.92 Å². The van der Waals surface area contributed by atoms with Crippen molar-refractivity contribution in [3.05, 3.63) is 34.9 Å². The monoisotopic (exact) mass is 324 g/mol. The number of ether oxygens (including phenoxy) is 1. The van der Waals surface area contributed by atoms with E-state index in [0.29, 0.717) is 18.1 Å². The van der Waals surface area contributed by atoms with Crippen molar-refractivity contribution >= 4 is 17.5 Å². The van der Waals surface area contributed by atoms with E-state index in [4.69, 9.17) is 16.3 Å². The number of morpholine rings is 1. The van der Waals surface area contributed by atoms with Gasteiger partial charge in [0.2, 0.25) is 5.91 Å². The first-order chi connectivity index (χ1) is 10.5. The molecule has 2 unspecified atom stereocenters. The van der Waals surface area contributed by atoms with Gasteiger partial charge in [0, 0.05) is 31.1 Å². The van der Waals surface area contributed by atoms with E-state index in [1.165, 1.54) is 0 Å². The van der Waals surface area contributed by atoms with Crippen molar-refractivity contribution in [1.82, 2.24) is 10.2 Å². The number of carbonyl (C=O) groups excluding carboxylic acids is 1. The summed E-state index contributed by atoms with van der Waals surface area (Å²) in [5, 5.41) is 4.03. The van der Waals surface area contributed by atoms with E-state index < -0.39 is 0 Å². The molecule has 122 valence electrons. The number of amides is 1. The largest absolute Gasteiger partial charge is 0.378 e. The Kier molecular flexibility index (Phi) is 6.24. The van der Waals surface area contributed by atoms with Gasteiger partial charge in [-0.05, 0) is 17.5 Å². The zero-order valence-corrected chi connectivity index (χ0v) is 14.3. The number of rotatable bonds is 5. The Labute approximate surface area is 137 Å². The van der Waals surface area contributed by atoms with Gasteiger partial charge in [-0.2, -0.15) is 0 Å². The maximum atomic E-state index is 12.6. The van der Waals surface area contributed by atoms with E-state index in [2.05, 4.69) is 19.2 Å². The molecule has 2 rings (SSSR count). The lowest BCUT2D eigenvalue weighted by Gasteiger charge is -2.34. The molecule has 1 aromatic rings. The highest BCUT2D eigenvalue weighted by atomic mass is 35.5. The van der Waals surface area contributed by atoms with Crippen LogP contribution in [0.25, 0.3) is 0 Å². The fraction of sp³-hybridized carbons (Fsp3) is 0.588. The minimum absolute atomic E-state index is 0.0225. The van der Waals surface area contributed by atoms with Crippen LogP contribution in [0.15, 0.2) is 24.3 Å². The maximum Gasteiger partial charge on any atom is 0.224 e. The van der Waals surface area contributed by atoms with Crippen LogP contribution in [-0.2, 0) is 9.53 Å². The fourth-order valence-corrected chi connectivity index (χ4v) is 3.24. The van der Waals surface area contributed by atoms with E-state index >= 15 is 0 Å². The summed E-state index contributed by atoms with van der Waals surface area (Å²) >= 11 is 6.33. The minimum Gasteiger partial charge on any atom is -0.378 e. The second-order valence-corrected chi connectivity index (χ2v) is 6.55. The highest BCUT2D eigenvalue weighted by Crippen LogP contribution is 2.32. The summed E-state index contributed by atoms with van der Waals surface area (Å²) in [7, 11) is 1.86. The molecule has 1 fully saturated rings. The molecule has 2 atom stereocenters. The van der Waals surface area contributed by atoms with Crippen LogP contribution >= 0.6 is 11.6 Å². The summed E-state index contributed by atoms with van der Waals surface area (Å²) in [5.74, 6) is 0.394. The quantitative estimate of drug-likeness (QED) is 0.905. The Hall–Kier alpha value is -1.10. The lowest BCUT2D eigenvalue weighted by Crippen LogP contribution is -2.45. The molecule has 0 bridgehead atoms. The van der Waals surface area contributed by atoms with Crippen molar-refractivity contribution in [3.63, 3.8) is 0 Å². The second-order valence-electron chi connectivity index (χ2n) is 6.15. The van der Waals surface area contributed by atoms with Crippen molar-refractivity contribution < 1.29 is 9.53 Å². The van der Waals surface area contributed by atoms with Gasteiger partial charge in [0.15, 0.2) is 0 Å². The van der Waals surface area contributed by atoms with Crippen LogP contribution in [0.1, 0.15) is 31.9 Å². The Morgan fingerprint density at radius 3 is 2.77 bits per heavy atom. The van der Waals surface area contributed by atoms with E-state index in [1.807, 2.05) is 36.2 Å². The minimum atomic E-state index is -0.0225. The zero-order valence-electron chi connectivity index (χ0n) is 13.5. The van der Waals surface area contributed by atoms with Gasteiger partial charge in [0.05, 0.1) is 19.3 Å². The summed E-state index contributed by atoms with van der Waals surface area (Å²) in [4.78, 5) is 14.5. The molecule has 22 heavy (non-hydrogen) atoms. The third-order valence-electron chi connectivity index (χ3n) is 4.09. The number of benzene rings is 1. The maximum absolute atomic E-state index is 12.6. The van der Waals surface area contributed by atoms with E-state index in [-0.39, 0.29) is 23.9 Å². The highest BCUT2D eigenvalue weighted by molar-refractivity contribution is 6.31. The summed E-state index contributed by atoms with van der Waals surface area (Å²) in [6, 6.07) is 7.83. The number of carbonyl (C=O) groups is 1. The SMILES string of the molecule is CC(C)C(c1ccccc1Cl)N(C)C(=O)CC1COCCN1. The smallest absolute Gasteiger partial charge is 0.224 e. The molecule has 4 nitrogen and oxygen atoms in total. The van der Waals surface area contributed by atoms with Crippen LogP contribution in [-0.4, -0.2) is 43.7 Å². The average Bonchev–Trinajstić information content (AvgIpc) is 2.50. The molecule has 0 aliphatic carbocycles. The molecule has 1 N–H and O–H groups in total. The van der Waals surface area contributed by atoms with Crippen molar-refractivity contribution in [3.8, 4) is 0 Å². The predicted molar refractivity (Wildman–Crippen MR) is 89.0 cm³/mol. The van der Waals surface area contributed by atoms with Crippen LogP contribution < -0.4 is 5.32 Å². The highest BCUT2D eigenvalue weighted by Gasteiger charge is 2.28. The first-order valence-electron chi connectivity index (χ1n) is 7.82. The third-order valence-corrected chi connectivity index (χ3v) is 4.43. The number of hydrogen-bond donors (Lipinski definition) is 1. The van der Waals surface area contributed by atoms with Gasteiger partial charge in [-0.1, -0.05) is 43.6 Å². The van der Waals surface area contributed by atoms with Crippen LogP contribution in [0.4, 0.5) is 0 Å². The molecule has 1 heterocycles. The Morgan fingerprint density at radius 2 is 2.18 bits per heavy atom. The molecule has 1 aliphatic heterocycles. The van der Waals surface area contributed by atoms with Crippen LogP contribution in [0.3, 0.4) is 0 Å². The van der Waals surface area contributed by atoms with Gasteiger partial charge in [-0.3, -0.25) is 4.79 Å². The lowest BCUT2D eigenvalue weighted by atomic mass is 9.94. The summed E-state index contributed by atoms with van der Waals surface area (Å²) in [6.45, 7) is 6.34. The van der Waals surface area contributed by atoms with Gasteiger partial charge in [-0.15, -0.1) is 0 Å². The number of nitrogens with one attached hydrogen (secondary N) is 1. The Balaban J connectivity index is 2.10. The summed E-state index contributed by atoms with van der Waals surface area (Å²) in [5.41, 5.74) is 1.00. The number of hydrogen-bond acceptors (Lipinski definition) is 3. The Morgan fingerprint density at radius 1 is 1.45 bits per heavy atom. The van der Waals surface area contributed by atoms with Crippen LogP contribution in [0, 0.1) is 5.92 Å². The van der Waals surface area contributed by atoms with Gasteiger partial charge in [0.25, 0.3) is 0 Å². The number of halogens is 1. The molecule has 1 saturated heterocycles. The van der Waals surface area contributed by atoms with Gasteiger partial charge >= 0.3 is 0 Å². The molecule has 5 heteroatoms. The topological polar surface area (TPSA) is 41.6 Å². The Bertz CT molecular complexity index is 501. The zero-order chi connectivity index (χ0) is 16.1. The average molecular weight is 325 g/mol. The molecular formula is C17H25ClN2O2. The molecular weight excluding hydrogens is 300 g/mol. The first-order valence-corrected chi connectivity index (χ1v) is 8.19. The standard InChI is InChI=1S/C17H25ClN2O2/c1-12(2)17(14-6-4-5-7-15(14)18)20(3)16(21)10-13-11-22-9-8-19-13/h4-7,12-13,17,19H,8-11H2,1-3H3. The van der Waals surface area contributed by atoms with E-state index in [1.54, 1.807) is 0 Å². The third kappa shape index (κ3) is 4.22. The first kappa shape index (κ1) is 17.3. The second kappa shape index (κ2) is 7.95. The van der Waals surface area contributed by atoms with Crippen molar-refractivity contribution in [1.29, 1.82) is 0 Å². The van der Waals surface area contributed by atoms with Gasteiger partial charge < -0.3 is 15.0 Å². The number of nitrogens with zero attached hydrogens (tertiary/aromatic N) is 1. The summed E-state index contributed by atoms with van der Waals surface area (Å²) < 4.78 is 5.42. The molecule has 0 aromatic heterocycles. The predicted octanol–water partition coefficient (Wildman–Crippen LogP) is 2.87. The molecule has 0 radical (unpaired) electrons. The lowest BCUT2D eigenvalue weighted by molar-refractivity contribution is -0.134. The van der Waals surface area contributed by atoms with E-state index in [9.17, 15) is 4.79 Å². The van der Waals surface area contributed by atoms with Crippen LogP contribution in [0.2, 0.25) is 5.02 Å². The van der Waals surface area contributed by atoms with Crippen molar-refractivity contribution in [2.45, 2.75) is 32.4 Å². The van der Waals surface area contributed by atoms with Crippen molar-refractivity contribution in [2.75, 3.05) is 26.8 Å². The molecule has 1 aromatic carbocycles. The molecule has 0 spiro atoms. The van der Waals surface area contributed by atoms with Crippen LogP contribution in [0.5, 0.6) is 0 Å². The van der Waals surface area contributed by atoms with Gasteiger partial charge in [-0.25, -0.2) is 0 Å². The van der Waals surface area contributed by atoms with E-state index in [0.717, 1.165) is 18.7 Å². The normalized spacial score (nSPS) is 20.0. The fourth-order valence-electron chi connectivity index (χ4n) is 2.99. The molecule has 1 amide bonds. The van der Waals surface area contributed by atoms with Gasteiger partial charge in [0.1, 0.15) is 0 Å². The molecule has 0 saturated carbocycles. The molecule has 1 aliphatic rings.